The van der Waals surface area contributed by atoms with Gasteiger partial charge >= 0.3 is 0 Å². The first-order valence-electron chi connectivity index (χ1n) is 6.09. The Morgan fingerprint density at radius 1 is 1.10 bits per heavy atom. The van der Waals surface area contributed by atoms with Crippen molar-refractivity contribution in [2.75, 3.05) is 7.11 Å². The highest BCUT2D eigenvalue weighted by molar-refractivity contribution is 9.10. The molecule has 0 aliphatic heterocycles. The quantitative estimate of drug-likeness (QED) is 0.774. The molecule has 0 radical (unpaired) electrons. The summed E-state index contributed by atoms with van der Waals surface area (Å²) in [5.41, 5.74) is 2.54. The molecule has 4 heteroatoms. The van der Waals surface area contributed by atoms with Crippen LogP contribution in [0.2, 0.25) is 0 Å². The molecule has 0 aliphatic rings. The first-order valence-corrected chi connectivity index (χ1v) is 6.88. The molecular formula is C16H14BrFO2. The highest BCUT2D eigenvalue weighted by Gasteiger charge is 2.17. The molecule has 104 valence electrons. The monoisotopic (exact) mass is 336 g/mol. The van der Waals surface area contributed by atoms with E-state index in [1.165, 1.54) is 18.2 Å². The number of rotatable bonds is 3. The zero-order valence-corrected chi connectivity index (χ0v) is 13.0. The Morgan fingerprint density at radius 2 is 1.80 bits per heavy atom. The lowest BCUT2D eigenvalue weighted by atomic mass is 9.96. The summed E-state index contributed by atoms with van der Waals surface area (Å²) >= 11 is 3.29. The van der Waals surface area contributed by atoms with E-state index in [9.17, 15) is 9.18 Å². The lowest BCUT2D eigenvalue weighted by Gasteiger charge is -2.11. The van der Waals surface area contributed by atoms with Crippen molar-refractivity contribution in [2.24, 2.45) is 0 Å². The topological polar surface area (TPSA) is 26.3 Å². The van der Waals surface area contributed by atoms with Crippen LogP contribution in [0.15, 0.2) is 34.8 Å². The van der Waals surface area contributed by atoms with E-state index in [2.05, 4.69) is 15.9 Å². The van der Waals surface area contributed by atoms with Gasteiger partial charge in [-0.3, -0.25) is 4.79 Å². The SMILES string of the molecule is COc1cc(C)c(C(=O)c2cc(F)ccc2Br)cc1C. The molecule has 2 nitrogen and oxygen atoms in total. The van der Waals surface area contributed by atoms with Crippen LogP contribution in [-0.2, 0) is 0 Å². The van der Waals surface area contributed by atoms with Gasteiger partial charge in [-0.05, 0) is 55.3 Å². The van der Waals surface area contributed by atoms with E-state index in [1.54, 1.807) is 13.2 Å². The second-order valence-corrected chi connectivity index (χ2v) is 5.44. The summed E-state index contributed by atoms with van der Waals surface area (Å²) in [7, 11) is 1.59. The van der Waals surface area contributed by atoms with Gasteiger partial charge in [-0.2, -0.15) is 0 Å². The number of aryl methyl sites for hydroxylation is 2. The van der Waals surface area contributed by atoms with E-state index in [4.69, 9.17) is 4.74 Å². The van der Waals surface area contributed by atoms with Crippen LogP contribution in [0.25, 0.3) is 0 Å². The zero-order chi connectivity index (χ0) is 14.9. The van der Waals surface area contributed by atoms with Crippen LogP contribution in [0, 0.1) is 19.7 Å². The number of benzene rings is 2. The predicted octanol–water partition coefficient (Wildman–Crippen LogP) is 4.44. The molecule has 0 N–H and O–H groups in total. The molecule has 0 heterocycles. The number of carbonyl (C=O) groups excluding carboxylic acids is 1. The van der Waals surface area contributed by atoms with Crippen molar-refractivity contribution in [2.45, 2.75) is 13.8 Å². The number of hydrogen-bond donors (Lipinski definition) is 0. The first-order chi connectivity index (χ1) is 9.43. The van der Waals surface area contributed by atoms with Gasteiger partial charge in [-0.25, -0.2) is 4.39 Å². The van der Waals surface area contributed by atoms with E-state index in [-0.39, 0.29) is 5.78 Å². The van der Waals surface area contributed by atoms with E-state index in [0.29, 0.717) is 15.6 Å². The fourth-order valence-electron chi connectivity index (χ4n) is 2.07. The van der Waals surface area contributed by atoms with Crippen molar-refractivity contribution in [1.82, 2.24) is 0 Å². The van der Waals surface area contributed by atoms with Crippen LogP contribution in [0.1, 0.15) is 27.0 Å². The molecule has 0 aliphatic carbocycles. The maximum atomic E-state index is 13.3. The van der Waals surface area contributed by atoms with Crippen LogP contribution < -0.4 is 4.74 Å². The minimum Gasteiger partial charge on any atom is -0.496 e. The Morgan fingerprint density at radius 3 is 2.45 bits per heavy atom. The summed E-state index contributed by atoms with van der Waals surface area (Å²) in [6.45, 7) is 3.71. The fraction of sp³-hybridized carbons (Fsp3) is 0.188. The minimum atomic E-state index is -0.431. The Bertz CT molecular complexity index is 680. The highest BCUT2D eigenvalue weighted by Crippen LogP contribution is 2.27. The molecule has 0 fully saturated rings. The number of methoxy groups -OCH3 is 1. The third-order valence-corrected chi connectivity index (χ3v) is 3.85. The van der Waals surface area contributed by atoms with E-state index in [1.807, 2.05) is 19.9 Å². The van der Waals surface area contributed by atoms with Crippen molar-refractivity contribution in [3.8, 4) is 5.75 Å². The van der Waals surface area contributed by atoms with Crippen LogP contribution in [0.3, 0.4) is 0 Å². The Labute approximate surface area is 125 Å². The fourth-order valence-corrected chi connectivity index (χ4v) is 2.50. The normalized spacial score (nSPS) is 10.4. The maximum Gasteiger partial charge on any atom is 0.194 e. The first kappa shape index (κ1) is 14.7. The zero-order valence-electron chi connectivity index (χ0n) is 11.5. The average molecular weight is 337 g/mol. The standard InChI is InChI=1S/C16H14BrFO2/c1-9-7-15(20-3)10(2)6-12(9)16(19)13-8-11(18)4-5-14(13)17/h4-8H,1-3H3. The molecular weight excluding hydrogens is 323 g/mol. The van der Waals surface area contributed by atoms with Gasteiger partial charge in [0.25, 0.3) is 0 Å². The van der Waals surface area contributed by atoms with E-state index in [0.717, 1.165) is 16.9 Å². The second-order valence-electron chi connectivity index (χ2n) is 4.59. The van der Waals surface area contributed by atoms with Gasteiger partial charge in [0.2, 0.25) is 0 Å². The van der Waals surface area contributed by atoms with Crippen LogP contribution >= 0.6 is 15.9 Å². The number of ketones is 1. The Balaban J connectivity index is 2.54. The molecule has 2 rings (SSSR count). The van der Waals surface area contributed by atoms with Gasteiger partial charge in [0, 0.05) is 15.6 Å². The molecule has 2 aromatic rings. The summed E-state index contributed by atoms with van der Waals surface area (Å²) in [6, 6.07) is 7.68. The number of ether oxygens (including phenoxy) is 1. The lowest BCUT2D eigenvalue weighted by molar-refractivity contribution is 0.103. The summed E-state index contributed by atoms with van der Waals surface area (Å²) in [4.78, 5) is 12.6. The van der Waals surface area contributed by atoms with Crippen molar-refractivity contribution in [1.29, 1.82) is 0 Å². The third-order valence-electron chi connectivity index (χ3n) is 3.16. The van der Waals surface area contributed by atoms with E-state index < -0.39 is 5.82 Å². The van der Waals surface area contributed by atoms with Crippen LogP contribution in [0.4, 0.5) is 4.39 Å². The molecule has 0 aromatic heterocycles. The molecule has 0 bridgehead atoms. The molecule has 0 spiro atoms. The highest BCUT2D eigenvalue weighted by atomic mass is 79.9. The van der Waals surface area contributed by atoms with Crippen LogP contribution in [0.5, 0.6) is 5.75 Å². The summed E-state index contributed by atoms with van der Waals surface area (Å²) in [5, 5.41) is 0. The predicted molar refractivity (Wildman–Crippen MR) is 80.0 cm³/mol. The third kappa shape index (κ3) is 2.75. The molecule has 2 aromatic carbocycles. The van der Waals surface area contributed by atoms with E-state index >= 15 is 0 Å². The van der Waals surface area contributed by atoms with Gasteiger partial charge < -0.3 is 4.74 Å². The summed E-state index contributed by atoms with van der Waals surface area (Å²) < 4.78 is 19.1. The summed E-state index contributed by atoms with van der Waals surface area (Å²) in [6.07, 6.45) is 0. The number of carbonyl (C=O) groups is 1. The lowest BCUT2D eigenvalue weighted by Crippen LogP contribution is -2.06. The van der Waals surface area contributed by atoms with Gasteiger partial charge in [-0.1, -0.05) is 15.9 Å². The van der Waals surface area contributed by atoms with Crippen molar-refractivity contribution < 1.29 is 13.9 Å². The van der Waals surface area contributed by atoms with Crippen molar-refractivity contribution in [3.63, 3.8) is 0 Å². The molecule has 0 unspecified atom stereocenters. The molecule has 0 amide bonds. The summed E-state index contributed by atoms with van der Waals surface area (Å²) in [5.74, 6) is 0.0939. The smallest absolute Gasteiger partial charge is 0.194 e. The molecule has 0 saturated heterocycles. The Hall–Kier alpha value is -1.68. The van der Waals surface area contributed by atoms with Gasteiger partial charge in [0.1, 0.15) is 11.6 Å². The second kappa shape index (κ2) is 5.75. The van der Waals surface area contributed by atoms with Gasteiger partial charge in [0.05, 0.1) is 7.11 Å². The maximum absolute atomic E-state index is 13.3. The molecule has 0 saturated carbocycles. The Kier molecular flexibility index (Phi) is 4.23. The van der Waals surface area contributed by atoms with Gasteiger partial charge in [0.15, 0.2) is 5.78 Å². The average Bonchev–Trinajstić information content (AvgIpc) is 2.42. The van der Waals surface area contributed by atoms with Crippen LogP contribution in [-0.4, -0.2) is 12.9 Å². The molecule has 0 atom stereocenters. The van der Waals surface area contributed by atoms with Crippen molar-refractivity contribution in [3.05, 3.63) is 62.9 Å². The largest absolute Gasteiger partial charge is 0.496 e. The number of halogens is 2. The number of hydrogen-bond acceptors (Lipinski definition) is 2. The van der Waals surface area contributed by atoms with Gasteiger partial charge in [-0.15, -0.1) is 0 Å². The van der Waals surface area contributed by atoms with Crippen molar-refractivity contribution >= 4 is 21.7 Å². The minimum absolute atomic E-state index is 0.209. The molecule has 20 heavy (non-hydrogen) atoms.